The van der Waals surface area contributed by atoms with Crippen molar-refractivity contribution in [2.75, 3.05) is 13.1 Å². The first-order chi connectivity index (χ1) is 9.45. The van der Waals surface area contributed by atoms with E-state index < -0.39 is 0 Å². The minimum atomic E-state index is -0.304. The first-order valence-electron chi connectivity index (χ1n) is 7.52. The van der Waals surface area contributed by atoms with Gasteiger partial charge in [-0.25, -0.2) is 0 Å². The van der Waals surface area contributed by atoms with Gasteiger partial charge in [0.15, 0.2) is 0 Å². The molecular weight excluding hydrogens is 248 g/mol. The molecule has 1 heterocycles. The van der Waals surface area contributed by atoms with Crippen LogP contribution in [-0.2, 0) is 11.3 Å². The monoisotopic (exact) mass is 274 g/mol. The minimum Gasteiger partial charge on any atom is -0.352 e. The topological polar surface area (TPSA) is 32.3 Å². The maximum absolute atomic E-state index is 12.1. The molecule has 1 atom stereocenters. The Bertz CT molecular complexity index is 436. The van der Waals surface area contributed by atoms with E-state index >= 15 is 0 Å². The third-order valence-corrected chi connectivity index (χ3v) is 3.77. The van der Waals surface area contributed by atoms with Crippen molar-refractivity contribution in [3.8, 4) is 0 Å². The Labute approximate surface area is 122 Å². The summed E-state index contributed by atoms with van der Waals surface area (Å²) in [7, 11) is 0. The van der Waals surface area contributed by atoms with E-state index in [4.69, 9.17) is 0 Å². The number of benzene rings is 1. The molecule has 2 rings (SSSR count). The van der Waals surface area contributed by atoms with Crippen molar-refractivity contribution in [2.24, 2.45) is 5.41 Å². The maximum Gasteiger partial charge on any atom is 0.225 e. The van der Waals surface area contributed by atoms with Crippen molar-refractivity contribution in [3.63, 3.8) is 0 Å². The van der Waals surface area contributed by atoms with E-state index in [0.717, 1.165) is 32.5 Å². The molecule has 3 heteroatoms. The summed E-state index contributed by atoms with van der Waals surface area (Å²) in [5.74, 6) is 0.157. The summed E-state index contributed by atoms with van der Waals surface area (Å²) in [6, 6.07) is 10.8. The number of likely N-dealkylation sites (tertiary alicyclic amines) is 1. The number of carbonyl (C=O) groups is 1. The third-order valence-electron chi connectivity index (χ3n) is 3.77. The molecule has 1 fully saturated rings. The standard InChI is InChI=1S/C17H26N2O/c1-17(2,3)16(20)18-15-10-7-11-19(13-15)12-14-8-5-4-6-9-14/h4-6,8-9,15H,7,10-13H2,1-3H3,(H,18,20)/t15-/m0/s1. The minimum absolute atomic E-state index is 0.157. The lowest BCUT2D eigenvalue weighted by Gasteiger charge is -2.34. The highest BCUT2D eigenvalue weighted by Crippen LogP contribution is 2.17. The normalized spacial score (nSPS) is 20.6. The van der Waals surface area contributed by atoms with Gasteiger partial charge in [0.05, 0.1) is 0 Å². The van der Waals surface area contributed by atoms with Crippen molar-refractivity contribution in [1.29, 1.82) is 0 Å². The van der Waals surface area contributed by atoms with Gasteiger partial charge in [-0.2, -0.15) is 0 Å². The second-order valence-electron chi connectivity index (χ2n) is 6.78. The second kappa shape index (κ2) is 6.40. The number of hydrogen-bond acceptors (Lipinski definition) is 2. The zero-order valence-electron chi connectivity index (χ0n) is 12.9. The largest absolute Gasteiger partial charge is 0.352 e. The molecule has 0 bridgehead atoms. The van der Waals surface area contributed by atoms with E-state index in [1.54, 1.807) is 0 Å². The summed E-state index contributed by atoms with van der Waals surface area (Å²) in [6.07, 6.45) is 2.25. The molecular formula is C17H26N2O. The van der Waals surface area contributed by atoms with Crippen LogP contribution in [0.5, 0.6) is 0 Å². The Kier molecular flexibility index (Phi) is 4.81. The second-order valence-corrected chi connectivity index (χ2v) is 6.78. The molecule has 1 amide bonds. The van der Waals surface area contributed by atoms with Gasteiger partial charge in [-0.1, -0.05) is 51.1 Å². The van der Waals surface area contributed by atoms with Gasteiger partial charge in [0, 0.05) is 24.5 Å². The molecule has 1 aromatic rings. The Morgan fingerprint density at radius 3 is 2.65 bits per heavy atom. The van der Waals surface area contributed by atoms with Gasteiger partial charge >= 0.3 is 0 Å². The molecule has 0 unspecified atom stereocenters. The number of rotatable bonds is 3. The van der Waals surface area contributed by atoms with Crippen LogP contribution >= 0.6 is 0 Å². The molecule has 1 aromatic carbocycles. The summed E-state index contributed by atoms with van der Waals surface area (Å²) in [4.78, 5) is 14.5. The highest BCUT2D eigenvalue weighted by atomic mass is 16.2. The first kappa shape index (κ1) is 15.0. The van der Waals surface area contributed by atoms with Gasteiger partial charge in [0.1, 0.15) is 0 Å². The molecule has 1 aliphatic rings. The maximum atomic E-state index is 12.1. The molecule has 0 spiro atoms. The molecule has 20 heavy (non-hydrogen) atoms. The Hall–Kier alpha value is -1.35. The summed E-state index contributed by atoms with van der Waals surface area (Å²) < 4.78 is 0. The number of hydrogen-bond donors (Lipinski definition) is 1. The van der Waals surface area contributed by atoms with Crippen molar-refractivity contribution < 1.29 is 4.79 Å². The average molecular weight is 274 g/mol. The van der Waals surface area contributed by atoms with E-state index in [9.17, 15) is 4.79 Å². The number of amides is 1. The predicted octanol–water partition coefficient (Wildman–Crippen LogP) is 2.81. The molecule has 1 aliphatic heterocycles. The van der Waals surface area contributed by atoms with E-state index in [1.807, 2.05) is 26.8 Å². The van der Waals surface area contributed by atoms with Gasteiger partial charge in [-0.3, -0.25) is 9.69 Å². The van der Waals surface area contributed by atoms with Crippen LogP contribution < -0.4 is 5.32 Å². The molecule has 1 N–H and O–H groups in total. The molecule has 0 radical (unpaired) electrons. The summed E-state index contributed by atoms with van der Waals surface area (Å²) in [6.45, 7) is 8.95. The van der Waals surface area contributed by atoms with Crippen molar-refractivity contribution in [2.45, 2.75) is 46.2 Å². The Balaban J connectivity index is 1.87. The van der Waals surface area contributed by atoms with Gasteiger partial charge in [0.2, 0.25) is 5.91 Å². The molecule has 1 saturated heterocycles. The van der Waals surface area contributed by atoms with Crippen LogP contribution in [-0.4, -0.2) is 29.9 Å². The average Bonchev–Trinajstić information content (AvgIpc) is 2.39. The van der Waals surface area contributed by atoms with Gasteiger partial charge in [0.25, 0.3) is 0 Å². The molecule has 0 aromatic heterocycles. The van der Waals surface area contributed by atoms with Crippen LogP contribution in [0.4, 0.5) is 0 Å². The van der Waals surface area contributed by atoms with Crippen LogP contribution in [0.1, 0.15) is 39.2 Å². The van der Waals surface area contributed by atoms with Crippen LogP contribution in [0.25, 0.3) is 0 Å². The number of carbonyl (C=O) groups excluding carboxylic acids is 1. The van der Waals surface area contributed by atoms with Gasteiger partial charge in [-0.05, 0) is 24.9 Å². The van der Waals surface area contributed by atoms with Crippen LogP contribution in [0.3, 0.4) is 0 Å². The van der Waals surface area contributed by atoms with Gasteiger partial charge < -0.3 is 5.32 Å². The lowest BCUT2D eigenvalue weighted by atomic mass is 9.94. The summed E-state index contributed by atoms with van der Waals surface area (Å²) in [5.41, 5.74) is 1.04. The van der Waals surface area contributed by atoms with Crippen LogP contribution in [0.2, 0.25) is 0 Å². The Morgan fingerprint density at radius 2 is 2.00 bits per heavy atom. The first-order valence-corrected chi connectivity index (χ1v) is 7.52. The van der Waals surface area contributed by atoms with Crippen molar-refractivity contribution in [3.05, 3.63) is 35.9 Å². The van der Waals surface area contributed by atoms with Gasteiger partial charge in [-0.15, -0.1) is 0 Å². The fourth-order valence-corrected chi connectivity index (χ4v) is 2.56. The highest BCUT2D eigenvalue weighted by Gasteiger charge is 2.26. The number of nitrogens with one attached hydrogen (secondary N) is 1. The lowest BCUT2D eigenvalue weighted by Crippen LogP contribution is -2.50. The third kappa shape index (κ3) is 4.34. The Morgan fingerprint density at radius 1 is 1.30 bits per heavy atom. The van der Waals surface area contributed by atoms with Crippen molar-refractivity contribution in [1.82, 2.24) is 10.2 Å². The molecule has 110 valence electrons. The predicted molar refractivity (Wildman–Crippen MR) is 82.3 cm³/mol. The number of piperidine rings is 1. The summed E-state index contributed by atoms with van der Waals surface area (Å²) >= 11 is 0. The van der Waals surface area contributed by atoms with E-state index in [1.165, 1.54) is 5.56 Å². The van der Waals surface area contributed by atoms with Crippen molar-refractivity contribution >= 4 is 5.91 Å². The summed E-state index contributed by atoms with van der Waals surface area (Å²) in [5, 5.41) is 3.19. The fraction of sp³-hybridized carbons (Fsp3) is 0.588. The van der Waals surface area contributed by atoms with Crippen LogP contribution in [0.15, 0.2) is 30.3 Å². The smallest absolute Gasteiger partial charge is 0.225 e. The quantitative estimate of drug-likeness (QED) is 0.919. The molecule has 3 nitrogen and oxygen atoms in total. The van der Waals surface area contributed by atoms with E-state index in [0.29, 0.717) is 6.04 Å². The SMILES string of the molecule is CC(C)(C)C(=O)N[C@H]1CCCN(Cc2ccccc2)C1. The van der Waals surface area contributed by atoms with Crippen LogP contribution in [0, 0.1) is 5.41 Å². The van der Waals surface area contributed by atoms with E-state index in [-0.39, 0.29) is 11.3 Å². The van der Waals surface area contributed by atoms with E-state index in [2.05, 4.69) is 34.5 Å². The fourth-order valence-electron chi connectivity index (χ4n) is 2.56. The lowest BCUT2D eigenvalue weighted by molar-refractivity contribution is -0.129. The highest BCUT2D eigenvalue weighted by molar-refractivity contribution is 5.81. The molecule has 0 saturated carbocycles. The zero-order valence-corrected chi connectivity index (χ0v) is 12.9. The number of nitrogens with zero attached hydrogens (tertiary/aromatic N) is 1. The molecule has 0 aliphatic carbocycles. The zero-order chi connectivity index (χ0) is 14.6.